The number of hydrogen-bond donors (Lipinski definition) is 1. The van der Waals surface area contributed by atoms with Crippen LogP contribution in [0.3, 0.4) is 0 Å². The van der Waals surface area contributed by atoms with Gasteiger partial charge in [0.1, 0.15) is 12.6 Å². The number of benzene rings is 2. The smallest absolute Gasteiger partial charge is 0.331 e. The van der Waals surface area contributed by atoms with Crippen molar-refractivity contribution in [1.29, 1.82) is 0 Å². The average Bonchev–Trinajstić information content (AvgIpc) is 2.98. The van der Waals surface area contributed by atoms with Gasteiger partial charge >= 0.3 is 11.9 Å². The molecule has 1 aromatic heterocycles. The Morgan fingerprint density at radius 3 is 2.43 bits per heavy atom. The summed E-state index contributed by atoms with van der Waals surface area (Å²) < 4.78 is 12.3. The number of aromatic nitrogens is 1. The van der Waals surface area contributed by atoms with Gasteiger partial charge in [-0.2, -0.15) is 0 Å². The highest BCUT2D eigenvalue weighted by molar-refractivity contribution is 6.12. The second-order valence-electron chi connectivity index (χ2n) is 7.11. The second kappa shape index (κ2) is 8.96. The molecule has 1 unspecified atom stereocenters. The van der Waals surface area contributed by atoms with Gasteiger partial charge in [-0.25, -0.2) is 4.79 Å². The Balaban J connectivity index is 2.05. The van der Waals surface area contributed by atoms with E-state index in [-0.39, 0.29) is 18.6 Å². The van der Waals surface area contributed by atoms with E-state index in [0.717, 1.165) is 27.4 Å². The number of nitrogen functional groups attached to an aromatic ring is 1. The zero-order valence-corrected chi connectivity index (χ0v) is 17.5. The topological polar surface area (TPSA) is 105 Å². The third kappa shape index (κ3) is 4.60. The fraction of sp³-hybridized carbons (Fsp3) is 0.318. The van der Waals surface area contributed by atoms with E-state index in [1.807, 2.05) is 34.9 Å². The minimum absolute atomic E-state index is 0.0534. The van der Waals surface area contributed by atoms with Gasteiger partial charge in [0.05, 0.1) is 12.3 Å². The largest absolute Gasteiger partial charge is 0.459 e. The van der Waals surface area contributed by atoms with E-state index in [1.165, 1.54) is 6.92 Å². The van der Waals surface area contributed by atoms with Gasteiger partial charge in [-0.1, -0.05) is 11.2 Å². The van der Waals surface area contributed by atoms with Crippen LogP contribution in [-0.4, -0.2) is 42.0 Å². The molecule has 3 aromatic rings. The van der Waals surface area contributed by atoms with Gasteiger partial charge in [0.15, 0.2) is 0 Å². The first-order valence-corrected chi connectivity index (χ1v) is 9.52. The SMILES string of the molecule is COCC(C)OC(=O)Cn1c2ccc(N)cc2c2cc(/C(C)=N/OC(C)=O)ccc21. The lowest BCUT2D eigenvalue weighted by atomic mass is 10.1. The number of fused-ring (bicyclic) bond motifs is 3. The summed E-state index contributed by atoms with van der Waals surface area (Å²) in [5.41, 5.74) is 9.70. The molecule has 1 heterocycles. The zero-order chi connectivity index (χ0) is 21.8. The van der Waals surface area contributed by atoms with Gasteiger partial charge in [-0.3, -0.25) is 4.79 Å². The van der Waals surface area contributed by atoms with E-state index in [0.29, 0.717) is 18.0 Å². The highest BCUT2D eigenvalue weighted by Crippen LogP contribution is 2.31. The van der Waals surface area contributed by atoms with E-state index >= 15 is 0 Å². The zero-order valence-electron chi connectivity index (χ0n) is 17.5. The van der Waals surface area contributed by atoms with Crippen LogP contribution in [0.15, 0.2) is 41.6 Å². The Kier molecular flexibility index (Phi) is 6.37. The van der Waals surface area contributed by atoms with Gasteiger partial charge in [0, 0.05) is 41.5 Å². The van der Waals surface area contributed by atoms with Crippen molar-refractivity contribution in [2.45, 2.75) is 33.4 Å². The van der Waals surface area contributed by atoms with Crippen molar-refractivity contribution in [1.82, 2.24) is 4.57 Å². The summed E-state index contributed by atoms with van der Waals surface area (Å²) in [6.07, 6.45) is -0.335. The number of oxime groups is 1. The first kappa shape index (κ1) is 21.3. The number of hydrogen-bond acceptors (Lipinski definition) is 7. The summed E-state index contributed by atoms with van der Waals surface area (Å²) in [7, 11) is 1.56. The van der Waals surface area contributed by atoms with Crippen molar-refractivity contribution in [3.8, 4) is 0 Å². The maximum atomic E-state index is 12.5. The third-order valence-corrected chi connectivity index (χ3v) is 4.64. The molecular weight excluding hydrogens is 386 g/mol. The van der Waals surface area contributed by atoms with Crippen molar-refractivity contribution in [2.75, 3.05) is 19.5 Å². The Morgan fingerprint density at radius 1 is 1.10 bits per heavy atom. The van der Waals surface area contributed by atoms with Crippen molar-refractivity contribution in [3.05, 3.63) is 42.0 Å². The number of methoxy groups -OCH3 is 1. The molecule has 0 aliphatic heterocycles. The number of nitrogens with two attached hydrogens (primary N) is 1. The molecule has 0 fully saturated rings. The highest BCUT2D eigenvalue weighted by atomic mass is 16.7. The molecule has 8 nitrogen and oxygen atoms in total. The number of rotatable bonds is 7. The van der Waals surface area contributed by atoms with Crippen LogP contribution < -0.4 is 5.73 Å². The van der Waals surface area contributed by atoms with E-state index in [9.17, 15) is 9.59 Å². The molecule has 0 aliphatic rings. The van der Waals surface area contributed by atoms with Gasteiger partial charge in [-0.15, -0.1) is 0 Å². The van der Waals surface area contributed by atoms with E-state index < -0.39 is 5.97 Å². The molecule has 0 amide bonds. The molecule has 0 spiro atoms. The number of esters is 1. The normalized spacial score (nSPS) is 12.9. The molecule has 0 aliphatic carbocycles. The maximum Gasteiger partial charge on any atom is 0.331 e. The molecule has 1 atom stereocenters. The quantitative estimate of drug-likeness (QED) is 0.210. The minimum Gasteiger partial charge on any atom is -0.459 e. The summed E-state index contributed by atoms with van der Waals surface area (Å²) in [6, 6.07) is 11.3. The second-order valence-corrected chi connectivity index (χ2v) is 7.11. The predicted molar refractivity (Wildman–Crippen MR) is 115 cm³/mol. The Labute approximate surface area is 174 Å². The van der Waals surface area contributed by atoms with Crippen LogP contribution in [0.25, 0.3) is 21.8 Å². The lowest BCUT2D eigenvalue weighted by Crippen LogP contribution is -2.22. The fourth-order valence-corrected chi connectivity index (χ4v) is 3.36. The van der Waals surface area contributed by atoms with Crippen LogP contribution in [0.1, 0.15) is 26.3 Å². The number of carbonyl (C=O) groups is 2. The van der Waals surface area contributed by atoms with Crippen molar-refractivity contribution in [3.63, 3.8) is 0 Å². The summed E-state index contributed by atoms with van der Waals surface area (Å²) in [5.74, 6) is -0.840. The number of anilines is 1. The summed E-state index contributed by atoms with van der Waals surface area (Å²) >= 11 is 0. The number of nitrogens with zero attached hydrogens (tertiary/aromatic N) is 2. The van der Waals surface area contributed by atoms with Crippen molar-refractivity contribution in [2.24, 2.45) is 5.16 Å². The van der Waals surface area contributed by atoms with Gasteiger partial charge in [0.25, 0.3) is 0 Å². The molecule has 8 heteroatoms. The lowest BCUT2D eigenvalue weighted by molar-refractivity contribution is -0.151. The first-order valence-electron chi connectivity index (χ1n) is 9.52. The van der Waals surface area contributed by atoms with Gasteiger partial charge in [-0.05, 0) is 49.7 Å². The Bertz CT molecular complexity index is 1130. The van der Waals surface area contributed by atoms with Crippen LogP contribution >= 0.6 is 0 Å². The molecule has 2 N–H and O–H groups in total. The monoisotopic (exact) mass is 411 g/mol. The Hall–Kier alpha value is -3.39. The van der Waals surface area contributed by atoms with Crippen LogP contribution in [-0.2, 0) is 30.4 Å². The van der Waals surface area contributed by atoms with Gasteiger partial charge in [0.2, 0.25) is 0 Å². The van der Waals surface area contributed by atoms with Crippen molar-refractivity contribution >= 4 is 45.1 Å². The first-order chi connectivity index (χ1) is 14.3. The summed E-state index contributed by atoms with van der Waals surface area (Å²) in [6.45, 7) is 5.22. The van der Waals surface area contributed by atoms with E-state index in [4.69, 9.17) is 20.0 Å². The standard InChI is InChI=1S/C22H25N3O5/c1-13(12-28-4)29-22(27)11-25-20-7-5-16(14(2)24-30-15(3)26)9-18(20)19-10-17(23)6-8-21(19)25/h5-10,13H,11-12,23H2,1-4H3/b24-14+. The number of carbonyl (C=O) groups excluding carboxylic acids is 2. The molecule has 0 radical (unpaired) electrons. The molecule has 158 valence electrons. The molecule has 2 aromatic carbocycles. The summed E-state index contributed by atoms with van der Waals surface area (Å²) in [5, 5.41) is 5.67. The maximum absolute atomic E-state index is 12.5. The molecule has 30 heavy (non-hydrogen) atoms. The highest BCUT2D eigenvalue weighted by Gasteiger charge is 2.17. The third-order valence-electron chi connectivity index (χ3n) is 4.64. The number of ether oxygens (including phenoxy) is 2. The van der Waals surface area contributed by atoms with Gasteiger partial charge < -0.3 is 24.6 Å². The van der Waals surface area contributed by atoms with Crippen LogP contribution in [0, 0.1) is 0 Å². The van der Waals surface area contributed by atoms with E-state index in [1.54, 1.807) is 27.0 Å². The van der Waals surface area contributed by atoms with Crippen LogP contribution in [0.5, 0.6) is 0 Å². The van der Waals surface area contributed by atoms with Crippen LogP contribution in [0.2, 0.25) is 0 Å². The van der Waals surface area contributed by atoms with Crippen molar-refractivity contribution < 1.29 is 23.9 Å². The van der Waals surface area contributed by atoms with E-state index in [2.05, 4.69) is 5.16 Å². The molecule has 0 bridgehead atoms. The molecule has 0 saturated carbocycles. The summed E-state index contributed by atoms with van der Waals surface area (Å²) in [4.78, 5) is 28.3. The molecule has 3 rings (SSSR count). The lowest BCUT2D eigenvalue weighted by Gasteiger charge is -2.13. The minimum atomic E-state index is -0.485. The van der Waals surface area contributed by atoms with Crippen LogP contribution in [0.4, 0.5) is 5.69 Å². The Morgan fingerprint density at radius 2 is 1.77 bits per heavy atom. The average molecular weight is 411 g/mol. The molecular formula is C22H25N3O5. The predicted octanol–water partition coefficient (Wildman–Crippen LogP) is 3.24. The fourth-order valence-electron chi connectivity index (χ4n) is 3.36. The molecule has 0 saturated heterocycles.